The number of nitrogens with one attached hydrogen (secondary N) is 1. The maximum atomic E-state index is 11.1. The van der Waals surface area contributed by atoms with Crippen molar-refractivity contribution in [2.45, 2.75) is 25.0 Å². The molecule has 2 N–H and O–H groups in total. The molecule has 0 aliphatic heterocycles. The van der Waals surface area contributed by atoms with Crippen molar-refractivity contribution in [2.75, 3.05) is 12.4 Å². The van der Waals surface area contributed by atoms with Crippen molar-refractivity contribution in [3.8, 4) is 0 Å². The Hall–Kier alpha value is -2.14. The fraction of sp³-hybridized carbons (Fsp3) is 0.333. The van der Waals surface area contributed by atoms with Crippen LogP contribution in [0.15, 0.2) is 30.3 Å². The standard InChI is InChI=1S/C15H16N2O3/c1-20-10-7-9(8-10)16-14-6-5-11-12(15(18)19)3-2-4-13(11)17-14/h2-6,9-10H,7-8H2,1H3,(H,16,17)(H,18,19). The molecule has 2 aromatic rings. The summed E-state index contributed by atoms with van der Waals surface area (Å²) in [5, 5.41) is 13.1. The fourth-order valence-corrected chi connectivity index (χ4v) is 2.51. The summed E-state index contributed by atoms with van der Waals surface area (Å²) in [7, 11) is 1.72. The van der Waals surface area contributed by atoms with Gasteiger partial charge in [-0.25, -0.2) is 9.78 Å². The SMILES string of the molecule is COC1CC(Nc2ccc3c(C(=O)O)cccc3n2)C1. The van der Waals surface area contributed by atoms with E-state index in [1.165, 1.54) is 0 Å². The molecule has 0 unspecified atom stereocenters. The van der Waals surface area contributed by atoms with E-state index in [4.69, 9.17) is 9.84 Å². The average molecular weight is 272 g/mol. The predicted molar refractivity (Wildman–Crippen MR) is 76.1 cm³/mol. The lowest BCUT2D eigenvalue weighted by molar-refractivity contribution is 0.0328. The van der Waals surface area contributed by atoms with Gasteiger partial charge in [-0.15, -0.1) is 0 Å². The minimum atomic E-state index is -0.931. The van der Waals surface area contributed by atoms with Gasteiger partial charge in [0.25, 0.3) is 0 Å². The Labute approximate surface area is 116 Å². The molecule has 0 spiro atoms. The molecule has 0 saturated heterocycles. The van der Waals surface area contributed by atoms with E-state index in [1.54, 1.807) is 25.3 Å². The number of methoxy groups -OCH3 is 1. The van der Waals surface area contributed by atoms with E-state index in [-0.39, 0.29) is 5.56 Å². The minimum absolute atomic E-state index is 0.282. The Balaban J connectivity index is 1.83. The zero-order chi connectivity index (χ0) is 14.1. The van der Waals surface area contributed by atoms with Gasteiger partial charge in [-0.3, -0.25) is 0 Å². The van der Waals surface area contributed by atoms with Crippen molar-refractivity contribution in [1.29, 1.82) is 0 Å². The number of carboxylic acids is 1. The van der Waals surface area contributed by atoms with Crippen molar-refractivity contribution in [2.24, 2.45) is 0 Å². The predicted octanol–water partition coefficient (Wildman–Crippen LogP) is 2.52. The summed E-state index contributed by atoms with van der Waals surface area (Å²) in [6.07, 6.45) is 2.29. The number of aromatic carboxylic acids is 1. The van der Waals surface area contributed by atoms with Crippen LogP contribution in [0.3, 0.4) is 0 Å². The summed E-state index contributed by atoms with van der Waals surface area (Å²) >= 11 is 0. The molecule has 0 bridgehead atoms. The summed E-state index contributed by atoms with van der Waals surface area (Å²) in [6, 6.07) is 9.15. The molecule has 1 aliphatic rings. The van der Waals surface area contributed by atoms with Crippen molar-refractivity contribution in [3.63, 3.8) is 0 Å². The van der Waals surface area contributed by atoms with E-state index in [0.717, 1.165) is 18.7 Å². The molecule has 104 valence electrons. The third-order valence-corrected chi connectivity index (χ3v) is 3.74. The highest BCUT2D eigenvalue weighted by Crippen LogP contribution is 2.27. The average Bonchev–Trinajstić information content (AvgIpc) is 2.41. The van der Waals surface area contributed by atoms with Crippen LogP contribution in [0, 0.1) is 0 Å². The number of nitrogens with zero attached hydrogens (tertiary/aromatic N) is 1. The molecule has 5 nitrogen and oxygen atoms in total. The first-order valence-electron chi connectivity index (χ1n) is 6.60. The van der Waals surface area contributed by atoms with Crippen LogP contribution in [-0.4, -0.2) is 35.3 Å². The van der Waals surface area contributed by atoms with E-state index >= 15 is 0 Å². The number of carbonyl (C=O) groups is 1. The van der Waals surface area contributed by atoms with E-state index in [9.17, 15) is 4.79 Å². The summed E-state index contributed by atoms with van der Waals surface area (Å²) < 4.78 is 5.24. The maximum absolute atomic E-state index is 11.1. The second kappa shape index (κ2) is 5.09. The number of hydrogen-bond acceptors (Lipinski definition) is 4. The van der Waals surface area contributed by atoms with E-state index in [1.807, 2.05) is 12.1 Å². The van der Waals surface area contributed by atoms with Crippen LogP contribution in [0.25, 0.3) is 10.9 Å². The molecular formula is C15H16N2O3. The molecule has 0 atom stereocenters. The number of aromatic nitrogens is 1. The Morgan fingerprint density at radius 2 is 2.15 bits per heavy atom. The normalized spacial score (nSPS) is 21.4. The van der Waals surface area contributed by atoms with Crippen molar-refractivity contribution < 1.29 is 14.6 Å². The summed E-state index contributed by atoms with van der Waals surface area (Å²) in [4.78, 5) is 15.6. The maximum Gasteiger partial charge on any atom is 0.336 e. The van der Waals surface area contributed by atoms with Gasteiger partial charge in [0.05, 0.1) is 17.2 Å². The molecule has 3 rings (SSSR count). The van der Waals surface area contributed by atoms with E-state index in [2.05, 4.69) is 10.3 Å². The number of rotatable bonds is 4. The topological polar surface area (TPSA) is 71.5 Å². The van der Waals surface area contributed by atoms with Crippen LogP contribution >= 0.6 is 0 Å². The fourth-order valence-electron chi connectivity index (χ4n) is 2.51. The number of pyridine rings is 1. The summed E-state index contributed by atoms with van der Waals surface area (Å²) in [5.41, 5.74) is 0.974. The second-order valence-corrected chi connectivity index (χ2v) is 5.04. The lowest BCUT2D eigenvalue weighted by Crippen LogP contribution is -2.40. The number of benzene rings is 1. The number of fused-ring (bicyclic) bond motifs is 1. The van der Waals surface area contributed by atoms with E-state index < -0.39 is 5.97 Å². The van der Waals surface area contributed by atoms with Gasteiger partial charge in [-0.1, -0.05) is 6.07 Å². The third kappa shape index (κ3) is 2.32. The summed E-state index contributed by atoms with van der Waals surface area (Å²) in [6.45, 7) is 0. The molecule has 1 fully saturated rings. The van der Waals surface area contributed by atoms with Crippen LogP contribution in [0.4, 0.5) is 5.82 Å². The first kappa shape index (κ1) is 12.9. The highest BCUT2D eigenvalue weighted by Gasteiger charge is 2.29. The number of anilines is 1. The molecule has 0 amide bonds. The zero-order valence-corrected chi connectivity index (χ0v) is 11.2. The molecule has 1 aliphatic carbocycles. The number of hydrogen-bond donors (Lipinski definition) is 2. The van der Waals surface area contributed by atoms with E-state index in [0.29, 0.717) is 23.0 Å². The van der Waals surface area contributed by atoms with Crippen LogP contribution in [0.1, 0.15) is 23.2 Å². The van der Waals surface area contributed by atoms with Gasteiger partial charge in [0.15, 0.2) is 0 Å². The Kier molecular flexibility index (Phi) is 3.28. The lowest BCUT2D eigenvalue weighted by Gasteiger charge is -2.34. The number of ether oxygens (including phenoxy) is 1. The lowest BCUT2D eigenvalue weighted by atomic mass is 9.89. The Morgan fingerprint density at radius 3 is 2.85 bits per heavy atom. The Morgan fingerprint density at radius 1 is 1.35 bits per heavy atom. The molecule has 1 heterocycles. The highest BCUT2D eigenvalue weighted by molar-refractivity contribution is 6.02. The van der Waals surface area contributed by atoms with Crippen molar-refractivity contribution >= 4 is 22.7 Å². The molecule has 1 aromatic heterocycles. The minimum Gasteiger partial charge on any atom is -0.478 e. The van der Waals surface area contributed by atoms with Gasteiger partial charge in [-0.2, -0.15) is 0 Å². The van der Waals surface area contributed by atoms with Gasteiger partial charge in [-0.05, 0) is 37.1 Å². The molecule has 20 heavy (non-hydrogen) atoms. The molecular weight excluding hydrogens is 256 g/mol. The van der Waals surface area contributed by atoms with Crippen LogP contribution in [0.2, 0.25) is 0 Å². The first-order valence-corrected chi connectivity index (χ1v) is 6.60. The first-order chi connectivity index (χ1) is 9.67. The molecule has 5 heteroatoms. The van der Waals surface area contributed by atoms with Gasteiger partial charge in [0.1, 0.15) is 5.82 Å². The largest absolute Gasteiger partial charge is 0.478 e. The molecule has 0 radical (unpaired) electrons. The van der Waals surface area contributed by atoms with Crippen molar-refractivity contribution in [1.82, 2.24) is 4.98 Å². The monoisotopic (exact) mass is 272 g/mol. The quantitative estimate of drug-likeness (QED) is 0.894. The second-order valence-electron chi connectivity index (χ2n) is 5.04. The van der Waals surface area contributed by atoms with Crippen molar-refractivity contribution in [3.05, 3.63) is 35.9 Å². The van der Waals surface area contributed by atoms with Crippen LogP contribution < -0.4 is 5.32 Å². The summed E-state index contributed by atoms with van der Waals surface area (Å²) in [5.74, 6) is -0.153. The van der Waals surface area contributed by atoms with Gasteiger partial charge < -0.3 is 15.2 Å². The highest BCUT2D eigenvalue weighted by atomic mass is 16.5. The Bertz CT molecular complexity index is 651. The number of carboxylic acid groups (broad SMARTS) is 1. The van der Waals surface area contributed by atoms with Gasteiger partial charge in [0, 0.05) is 18.5 Å². The zero-order valence-electron chi connectivity index (χ0n) is 11.2. The van der Waals surface area contributed by atoms with Crippen LogP contribution in [0.5, 0.6) is 0 Å². The molecule has 1 saturated carbocycles. The molecule has 1 aromatic carbocycles. The van der Waals surface area contributed by atoms with Gasteiger partial charge >= 0.3 is 5.97 Å². The van der Waals surface area contributed by atoms with Gasteiger partial charge in [0.2, 0.25) is 0 Å². The third-order valence-electron chi connectivity index (χ3n) is 3.74. The van der Waals surface area contributed by atoms with Crippen LogP contribution in [-0.2, 0) is 4.74 Å². The smallest absolute Gasteiger partial charge is 0.336 e.